The van der Waals surface area contributed by atoms with E-state index in [-0.39, 0.29) is 0 Å². The first-order valence-corrected chi connectivity index (χ1v) is 7.08. The maximum Gasteiger partial charge on any atom is 0.135 e. The van der Waals surface area contributed by atoms with Crippen molar-refractivity contribution in [3.63, 3.8) is 0 Å². The Kier molecular flexibility index (Phi) is 3.20. The van der Waals surface area contributed by atoms with E-state index in [2.05, 4.69) is 9.97 Å². The molecular formula is C12H17N3OS. The summed E-state index contributed by atoms with van der Waals surface area (Å²) in [6, 6.07) is 1.89. The Morgan fingerprint density at radius 1 is 1.18 bits per heavy atom. The normalized spacial score (nSPS) is 21.6. The van der Waals surface area contributed by atoms with Crippen molar-refractivity contribution in [2.45, 2.75) is 41.9 Å². The molecule has 2 fully saturated rings. The Hall–Kier alpha value is -0.810. The highest BCUT2D eigenvalue weighted by molar-refractivity contribution is 7.99. The van der Waals surface area contributed by atoms with E-state index < -0.39 is 0 Å². The van der Waals surface area contributed by atoms with Gasteiger partial charge in [0.15, 0.2) is 0 Å². The van der Waals surface area contributed by atoms with E-state index >= 15 is 0 Å². The first-order valence-electron chi connectivity index (χ1n) is 6.20. The van der Waals surface area contributed by atoms with Gasteiger partial charge in [-0.2, -0.15) is 0 Å². The third-order valence-electron chi connectivity index (χ3n) is 3.14. The molecular weight excluding hydrogens is 234 g/mol. The SMILES string of the molecule is Nc1cc(SC2CCOCC2)nc(C2CC2)n1. The van der Waals surface area contributed by atoms with Gasteiger partial charge in [-0.05, 0) is 25.7 Å². The number of aromatic nitrogens is 2. The van der Waals surface area contributed by atoms with Crippen LogP contribution in [0.5, 0.6) is 0 Å². The molecule has 0 unspecified atom stereocenters. The number of hydrogen-bond donors (Lipinski definition) is 1. The van der Waals surface area contributed by atoms with Crippen LogP contribution in [0.4, 0.5) is 5.82 Å². The molecule has 1 aliphatic heterocycles. The molecule has 2 N–H and O–H groups in total. The minimum atomic E-state index is 0.563. The first-order chi connectivity index (χ1) is 8.31. The number of thioether (sulfide) groups is 1. The molecule has 0 radical (unpaired) electrons. The zero-order valence-corrected chi connectivity index (χ0v) is 10.6. The largest absolute Gasteiger partial charge is 0.384 e. The van der Waals surface area contributed by atoms with Crippen LogP contribution in [-0.4, -0.2) is 28.4 Å². The molecule has 0 atom stereocenters. The number of nitrogen functional groups attached to an aromatic ring is 1. The fourth-order valence-electron chi connectivity index (χ4n) is 2.01. The van der Waals surface area contributed by atoms with Crippen molar-refractivity contribution in [3.8, 4) is 0 Å². The Bertz CT molecular complexity index is 403. The van der Waals surface area contributed by atoms with E-state index in [1.807, 2.05) is 17.8 Å². The molecule has 1 aromatic rings. The molecule has 5 heteroatoms. The van der Waals surface area contributed by atoms with Gasteiger partial charge in [0.05, 0.1) is 0 Å². The van der Waals surface area contributed by atoms with Crippen LogP contribution < -0.4 is 5.73 Å². The monoisotopic (exact) mass is 251 g/mol. The van der Waals surface area contributed by atoms with Gasteiger partial charge in [0, 0.05) is 30.4 Å². The van der Waals surface area contributed by atoms with Crippen molar-refractivity contribution >= 4 is 17.6 Å². The Morgan fingerprint density at radius 2 is 1.94 bits per heavy atom. The quantitative estimate of drug-likeness (QED) is 0.835. The standard InChI is InChI=1S/C12H17N3OS/c13-10-7-11(15-12(14-10)8-1-2-8)17-9-3-5-16-6-4-9/h7-9H,1-6H2,(H2,13,14,15). The van der Waals surface area contributed by atoms with Crippen LogP contribution in [0.2, 0.25) is 0 Å². The summed E-state index contributed by atoms with van der Waals surface area (Å²) in [6.07, 6.45) is 4.64. The summed E-state index contributed by atoms with van der Waals surface area (Å²) in [5.41, 5.74) is 5.84. The molecule has 0 spiro atoms. The van der Waals surface area contributed by atoms with Crippen molar-refractivity contribution in [1.29, 1.82) is 0 Å². The topological polar surface area (TPSA) is 61.0 Å². The Morgan fingerprint density at radius 3 is 2.65 bits per heavy atom. The van der Waals surface area contributed by atoms with E-state index in [9.17, 15) is 0 Å². The lowest BCUT2D eigenvalue weighted by Gasteiger charge is -2.21. The molecule has 2 heterocycles. The molecule has 92 valence electrons. The fourth-order valence-corrected chi connectivity index (χ4v) is 3.11. The molecule has 4 nitrogen and oxygen atoms in total. The maximum absolute atomic E-state index is 5.84. The smallest absolute Gasteiger partial charge is 0.135 e. The lowest BCUT2D eigenvalue weighted by atomic mass is 10.2. The molecule has 0 aromatic carbocycles. The minimum Gasteiger partial charge on any atom is -0.384 e. The van der Waals surface area contributed by atoms with Gasteiger partial charge in [0.2, 0.25) is 0 Å². The average molecular weight is 251 g/mol. The molecule has 1 aromatic heterocycles. The molecule has 17 heavy (non-hydrogen) atoms. The average Bonchev–Trinajstić information content (AvgIpc) is 3.13. The van der Waals surface area contributed by atoms with Crippen molar-refractivity contribution in [3.05, 3.63) is 11.9 Å². The lowest BCUT2D eigenvalue weighted by Crippen LogP contribution is -2.17. The first kappa shape index (κ1) is 11.3. The molecule has 1 aliphatic carbocycles. The van der Waals surface area contributed by atoms with Gasteiger partial charge in [-0.1, -0.05) is 0 Å². The Balaban J connectivity index is 1.72. The predicted molar refractivity (Wildman–Crippen MR) is 68.1 cm³/mol. The van der Waals surface area contributed by atoms with Crippen LogP contribution in [0, 0.1) is 0 Å². The second-order valence-electron chi connectivity index (χ2n) is 4.69. The van der Waals surface area contributed by atoms with Gasteiger partial charge < -0.3 is 10.5 Å². The molecule has 2 aliphatic rings. The van der Waals surface area contributed by atoms with Crippen molar-refractivity contribution in [1.82, 2.24) is 9.97 Å². The summed E-state index contributed by atoms with van der Waals surface area (Å²) in [4.78, 5) is 8.94. The molecule has 0 bridgehead atoms. The number of rotatable bonds is 3. The number of hydrogen-bond acceptors (Lipinski definition) is 5. The molecule has 1 saturated carbocycles. The summed E-state index contributed by atoms with van der Waals surface area (Å²) < 4.78 is 5.36. The van der Waals surface area contributed by atoms with Crippen molar-refractivity contribution in [2.75, 3.05) is 18.9 Å². The summed E-state index contributed by atoms with van der Waals surface area (Å²) in [6.45, 7) is 1.74. The number of nitrogens with zero attached hydrogens (tertiary/aromatic N) is 2. The number of anilines is 1. The minimum absolute atomic E-state index is 0.563. The van der Waals surface area contributed by atoms with Crippen molar-refractivity contribution < 1.29 is 4.74 Å². The van der Waals surface area contributed by atoms with Crippen molar-refractivity contribution in [2.24, 2.45) is 0 Å². The molecule has 0 amide bonds. The van der Waals surface area contributed by atoms with E-state index in [0.29, 0.717) is 17.0 Å². The van der Waals surface area contributed by atoms with Gasteiger partial charge in [-0.25, -0.2) is 9.97 Å². The number of nitrogens with two attached hydrogens (primary N) is 1. The Labute approximate surface area is 105 Å². The fraction of sp³-hybridized carbons (Fsp3) is 0.667. The van der Waals surface area contributed by atoms with Crippen LogP contribution in [-0.2, 0) is 4.74 Å². The second kappa shape index (κ2) is 4.82. The van der Waals surface area contributed by atoms with Crippen LogP contribution in [0.3, 0.4) is 0 Å². The predicted octanol–water partition coefficient (Wildman–Crippen LogP) is 2.21. The van der Waals surface area contributed by atoms with Gasteiger partial charge in [0.1, 0.15) is 16.7 Å². The summed E-state index contributed by atoms with van der Waals surface area (Å²) >= 11 is 1.83. The second-order valence-corrected chi connectivity index (χ2v) is 6.01. The van der Waals surface area contributed by atoms with Crippen LogP contribution in [0.25, 0.3) is 0 Å². The highest BCUT2D eigenvalue weighted by Crippen LogP contribution is 2.39. The van der Waals surface area contributed by atoms with Gasteiger partial charge in [0.25, 0.3) is 0 Å². The third kappa shape index (κ3) is 2.90. The van der Waals surface area contributed by atoms with Crippen LogP contribution in [0.15, 0.2) is 11.1 Å². The van der Waals surface area contributed by atoms with Crippen LogP contribution >= 0.6 is 11.8 Å². The summed E-state index contributed by atoms with van der Waals surface area (Å²) in [5, 5.41) is 1.65. The van der Waals surface area contributed by atoms with Gasteiger partial charge >= 0.3 is 0 Å². The van der Waals surface area contributed by atoms with Gasteiger partial charge in [-0.15, -0.1) is 11.8 Å². The van der Waals surface area contributed by atoms with E-state index in [1.54, 1.807) is 0 Å². The highest BCUT2D eigenvalue weighted by atomic mass is 32.2. The zero-order valence-electron chi connectivity index (χ0n) is 9.76. The summed E-state index contributed by atoms with van der Waals surface area (Å²) in [5.74, 6) is 2.11. The van der Waals surface area contributed by atoms with E-state index in [4.69, 9.17) is 10.5 Å². The third-order valence-corrected chi connectivity index (χ3v) is 4.39. The van der Waals surface area contributed by atoms with E-state index in [1.165, 1.54) is 12.8 Å². The van der Waals surface area contributed by atoms with Gasteiger partial charge in [-0.3, -0.25) is 0 Å². The molecule has 1 saturated heterocycles. The zero-order chi connectivity index (χ0) is 11.7. The highest BCUT2D eigenvalue weighted by Gasteiger charge is 2.27. The molecule has 3 rings (SSSR count). The summed E-state index contributed by atoms with van der Waals surface area (Å²) in [7, 11) is 0. The maximum atomic E-state index is 5.84. The number of ether oxygens (including phenoxy) is 1. The van der Waals surface area contributed by atoms with Crippen LogP contribution in [0.1, 0.15) is 37.4 Å². The lowest BCUT2D eigenvalue weighted by molar-refractivity contribution is 0.1000. The van der Waals surface area contributed by atoms with E-state index in [0.717, 1.165) is 36.9 Å².